The summed E-state index contributed by atoms with van der Waals surface area (Å²) < 4.78 is 5.27. The summed E-state index contributed by atoms with van der Waals surface area (Å²) in [7, 11) is 0. The normalized spacial score (nSPS) is 15.0. The second-order valence-electron chi connectivity index (χ2n) is 12.5. The number of hydrogen-bond acceptors (Lipinski definition) is 2. The van der Waals surface area contributed by atoms with E-state index in [1.807, 2.05) is 0 Å². The first-order valence-corrected chi connectivity index (χ1v) is 17.7. The number of nitrogens with two attached hydrogens (primary N) is 1. The largest absolute Gasteiger partial charge is 0.373 e. The molecule has 2 heteroatoms. The molecule has 0 aromatic carbocycles. The summed E-state index contributed by atoms with van der Waals surface area (Å²) >= 11 is 0. The molecule has 0 aromatic heterocycles. The van der Waals surface area contributed by atoms with Crippen LogP contribution in [0.4, 0.5) is 0 Å². The lowest BCUT2D eigenvalue weighted by Gasteiger charge is -2.05. The van der Waals surface area contributed by atoms with Crippen molar-refractivity contribution in [3.05, 3.63) is 0 Å². The van der Waals surface area contributed by atoms with E-state index < -0.39 is 0 Å². The zero-order valence-electron chi connectivity index (χ0n) is 25.6. The maximum atomic E-state index is 5.54. The van der Waals surface area contributed by atoms with Gasteiger partial charge in [-0.15, -0.1) is 0 Å². The zero-order valence-corrected chi connectivity index (χ0v) is 25.6. The van der Waals surface area contributed by atoms with Crippen molar-refractivity contribution in [3.63, 3.8) is 0 Å². The van der Waals surface area contributed by atoms with E-state index in [4.69, 9.17) is 10.5 Å². The Hall–Kier alpha value is -0.0800. The van der Waals surface area contributed by atoms with Gasteiger partial charge >= 0.3 is 0 Å². The molecular formula is C35H71NO. The summed E-state index contributed by atoms with van der Waals surface area (Å²) in [6, 6.07) is 0. The monoisotopic (exact) mass is 522 g/mol. The molecule has 0 aliphatic carbocycles. The van der Waals surface area contributed by atoms with Crippen LogP contribution in [0.5, 0.6) is 0 Å². The van der Waals surface area contributed by atoms with Crippen LogP contribution in [0.3, 0.4) is 0 Å². The lowest BCUT2D eigenvalue weighted by molar-refractivity contribution is 0.387. The first-order valence-electron chi connectivity index (χ1n) is 17.7. The Labute approximate surface area is 235 Å². The molecule has 1 rings (SSSR count). The van der Waals surface area contributed by atoms with Gasteiger partial charge in [0.25, 0.3) is 0 Å². The molecule has 222 valence electrons. The summed E-state index contributed by atoms with van der Waals surface area (Å²) in [6.45, 7) is 1.91. The molecule has 1 unspecified atom stereocenters. The average molecular weight is 522 g/mol. The van der Waals surface area contributed by atoms with Gasteiger partial charge < -0.3 is 10.5 Å². The van der Waals surface area contributed by atoms with Crippen molar-refractivity contribution >= 4 is 0 Å². The van der Waals surface area contributed by atoms with Gasteiger partial charge in [-0.3, -0.25) is 0 Å². The zero-order chi connectivity index (χ0) is 26.3. The molecule has 0 radical (unpaired) electrons. The van der Waals surface area contributed by atoms with Gasteiger partial charge in [-0.05, 0) is 19.4 Å². The van der Waals surface area contributed by atoms with Gasteiger partial charge in [-0.2, -0.15) is 0 Å². The van der Waals surface area contributed by atoms with E-state index in [1.165, 1.54) is 205 Å². The predicted molar refractivity (Wildman–Crippen MR) is 167 cm³/mol. The standard InChI is InChI=1S/C35H71NO/c36-33-31-29-27-25-23-21-19-17-15-13-11-9-7-5-3-1-2-4-6-8-10-12-14-16-18-20-22-24-26-28-30-32-35-34-37-35/h35H,1-34,36H2. The second-order valence-corrected chi connectivity index (χ2v) is 12.5. The molecule has 1 aliphatic heterocycles. The molecular weight excluding hydrogens is 450 g/mol. The van der Waals surface area contributed by atoms with Crippen LogP contribution >= 0.6 is 0 Å². The van der Waals surface area contributed by atoms with Crippen LogP contribution in [-0.4, -0.2) is 19.3 Å². The van der Waals surface area contributed by atoms with Crippen LogP contribution in [-0.2, 0) is 4.74 Å². The quantitative estimate of drug-likeness (QED) is 0.0688. The summed E-state index contributed by atoms with van der Waals surface area (Å²) in [5.74, 6) is 0. The highest BCUT2D eigenvalue weighted by Gasteiger charge is 2.20. The van der Waals surface area contributed by atoms with Gasteiger partial charge in [-0.25, -0.2) is 0 Å². The molecule has 37 heavy (non-hydrogen) atoms. The Morgan fingerprint density at radius 1 is 0.324 bits per heavy atom. The molecule has 1 aliphatic rings. The van der Waals surface area contributed by atoms with Crippen LogP contribution in [0, 0.1) is 0 Å². The Kier molecular flexibility index (Phi) is 28.8. The van der Waals surface area contributed by atoms with Crippen LogP contribution < -0.4 is 5.73 Å². The van der Waals surface area contributed by atoms with Gasteiger partial charge in [0.15, 0.2) is 0 Å². The van der Waals surface area contributed by atoms with E-state index >= 15 is 0 Å². The topological polar surface area (TPSA) is 38.5 Å². The molecule has 2 N–H and O–H groups in total. The maximum absolute atomic E-state index is 5.54. The van der Waals surface area contributed by atoms with E-state index in [0.29, 0.717) is 6.10 Å². The molecule has 1 saturated heterocycles. The second kappa shape index (κ2) is 30.5. The molecule has 0 saturated carbocycles. The molecule has 1 heterocycles. The molecule has 1 fully saturated rings. The van der Waals surface area contributed by atoms with Gasteiger partial charge in [0.05, 0.1) is 12.7 Å². The van der Waals surface area contributed by atoms with E-state index in [9.17, 15) is 0 Å². The molecule has 0 amide bonds. The van der Waals surface area contributed by atoms with E-state index in [-0.39, 0.29) is 0 Å². The number of unbranched alkanes of at least 4 members (excludes halogenated alkanes) is 30. The highest BCUT2D eigenvalue weighted by Crippen LogP contribution is 2.19. The smallest absolute Gasteiger partial charge is 0.0810 e. The van der Waals surface area contributed by atoms with Crippen molar-refractivity contribution in [2.45, 2.75) is 212 Å². The highest BCUT2D eigenvalue weighted by molar-refractivity contribution is 4.68. The summed E-state index contributed by atoms with van der Waals surface area (Å²) in [5.41, 5.74) is 5.54. The first kappa shape index (κ1) is 34.9. The number of rotatable bonds is 33. The fraction of sp³-hybridized carbons (Fsp3) is 1.00. The minimum Gasteiger partial charge on any atom is -0.373 e. The average Bonchev–Trinajstić information content (AvgIpc) is 3.74. The Morgan fingerprint density at radius 3 is 0.703 bits per heavy atom. The lowest BCUT2D eigenvalue weighted by atomic mass is 10.0. The fourth-order valence-electron chi connectivity index (χ4n) is 5.88. The summed E-state index contributed by atoms with van der Waals surface area (Å²) in [4.78, 5) is 0. The van der Waals surface area contributed by atoms with Crippen molar-refractivity contribution in [2.75, 3.05) is 13.2 Å². The predicted octanol–water partition coefficient (Wildman–Crippen LogP) is 11.8. The molecule has 2 nitrogen and oxygen atoms in total. The molecule has 1 atom stereocenters. The first-order chi connectivity index (χ1) is 18.4. The lowest BCUT2D eigenvalue weighted by Crippen LogP contribution is -1.97. The van der Waals surface area contributed by atoms with Crippen LogP contribution in [0.1, 0.15) is 205 Å². The van der Waals surface area contributed by atoms with Crippen LogP contribution in [0.25, 0.3) is 0 Å². The number of ether oxygens (including phenoxy) is 1. The van der Waals surface area contributed by atoms with Crippen molar-refractivity contribution in [1.82, 2.24) is 0 Å². The van der Waals surface area contributed by atoms with Crippen molar-refractivity contribution in [1.29, 1.82) is 0 Å². The third kappa shape index (κ3) is 30.3. The van der Waals surface area contributed by atoms with E-state index in [2.05, 4.69) is 0 Å². The maximum Gasteiger partial charge on any atom is 0.0810 e. The van der Waals surface area contributed by atoms with Crippen molar-refractivity contribution in [3.8, 4) is 0 Å². The molecule has 0 spiro atoms. The van der Waals surface area contributed by atoms with E-state index in [0.717, 1.165) is 13.2 Å². The van der Waals surface area contributed by atoms with Gasteiger partial charge in [0, 0.05) is 0 Å². The number of epoxide rings is 1. The van der Waals surface area contributed by atoms with Gasteiger partial charge in [0.2, 0.25) is 0 Å². The van der Waals surface area contributed by atoms with Crippen molar-refractivity contribution in [2.24, 2.45) is 5.73 Å². The van der Waals surface area contributed by atoms with Crippen molar-refractivity contribution < 1.29 is 4.74 Å². The van der Waals surface area contributed by atoms with Crippen LogP contribution in [0.2, 0.25) is 0 Å². The third-order valence-electron chi connectivity index (χ3n) is 8.63. The summed E-state index contributed by atoms with van der Waals surface area (Å²) in [6.07, 6.45) is 47.1. The highest BCUT2D eigenvalue weighted by atomic mass is 16.6. The fourth-order valence-corrected chi connectivity index (χ4v) is 5.88. The minimum absolute atomic E-state index is 0.645. The van der Waals surface area contributed by atoms with Crippen LogP contribution in [0.15, 0.2) is 0 Å². The summed E-state index contributed by atoms with van der Waals surface area (Å²) in [5, 5.41) is 0. The number of hydrogen-bond donors (Lipinski definition) is 1. The molecule has 0 bridgehead atoms. The van der Waals surface area contributed by atoms with E-state index in [1.54, 1.807) is 0 Å². The Morgan fingerprint density at radius 2 is 0.514 bits per heavy atom. The Balaban J connectivity index is 1.58. The SMILES string of the molecule is NCCCCCCCCCCCCCCCCCCCCCCCCCCCCCCCCCC1CO1. The molecule has 0 aromatic rings. The van der Waals surface area contributed by atoms with Gasteiger partial charge in [-0.1, -0.05) is 193 Å². The van der Waals surface area contributed by atoms with Gasteiger partial charge in [0.1, 0.15) is 0 Å². The minimum atomic E-state index is 0.645. The third-order valence-corrected chi connectivity index (χ3v) is 8.63. The Bertz CT molecular complexity index is 408.